The molecule has 7 nitrogen and oxygen atoms in total. The van der Waals surface area contributed by atoms with E-state index in [1.54, 1.807) is 37.5 Å². The molecular formula is C23H24F2N6O. The van der Waals surface area contributed by atoms with Gasteiger partial charge in [-0.05, 0) is 56.7 Å². The zero-order chi connectivity index (χ0) is 22.6. The van der Waals surface area contributed by atoms with Gasteiger partial charge in [0.15, 0.2) is 17.3 Å². The standard InChI is InChI=1S/C23H24F2N6O/c1-28-6-4-17(5-7-28)30(3)23(32)20-13-31-12-15(10-19(25)22(31)26-20)14-8-16-11-29(2)27-21(16)18(24)9-14/h8-13,17H,4-7H2,1-3H3. The summed E-state index contributed by atoms with van der Waals surface area (Å²) in [6, 6.07) is 4.56. The molecule has 9 heteroatoms. The van der Waals surface area contributed by atoms with Crippen molar-refractivity contribution in [1.29, 1.82) is 0 Å². The fourth-order valence-corrected chi connectivity index (χ4v) is 4.43. The first-order valence-electron chi connectivity index (χ1n) is 10.6. The Bertz CT molecular complexity index is 1340. The number of aryl methyl sites for hydroxylation is 1. The number of fused-ring (bicyclic) bond motifs is 2. The van der Waals surface area contributed by atoms with E-state index in [1.165, 1.54) is 27.4 Å². The number of imidazole rings is 1. The number of pyridine rings is 1. The molecule has 32 heavy (non-hydrogen) atoms. The van der Waals surface area contributed by atoms with Gasteiger partial charge in [-0.25, -0.2) is 13.8 Å². The molecule has 0 spiro atoms. The molecule has 0 saturated carbocycles. The van der Waals surface area contributed by atoms with Crippen LogP contribution in [0.25, 0.3) is 27.7 Å². The predicted molar refractivity (Wildman–Crippen MR) is 117 cm³/mol. The van der Waals surface area contributed by atoms with E-state index in [1.807, 2.05) is 0 Å². The second-order valence-electron chi connectivity index (χ2n) is 8.58. The third-order valence-electron chi connectivity index (χ3n) is 6.29. The van der Waals surface area contributed by atoms with E-state index in [0.29, 0.717) is 16.5 Å². The molecule has 1 aliphatic rings. The van der Waals surface area contributed by atoms with Crippen LogP contribution in [0.2, 0.25) is 0 Å². The van der Waals surface area contributed by atoms with Gasteiger partial charge in [0.05, 0.1) is 0 Å². The van der Waals surface area contributed by atoms with Crippen molar-refractivity contribution in [3.8, 4) is 11.1 Å². The molecule has 1 fully saturated rings. The topological polar surface area (TPSA) is 58.7 Å². The average Bonchev–Trinajstić information content (AvgIpc) is 3.37. The minimum absolute atomic E-state index is 0.0665. The molecule has 3 aromatic heterocycles. The lowest BCUT2D eigenvalue weighted by molar-refractivity contribution is 0.0654. The van der Waals surface area contributed by atoms with Crippen LogP contribution >= 0.6 is 0 Å². The van der Waals surface area contributed by atoms with E-state index >= 15 is 0 Å². The zero-order valence-electron chi connectivity index (χ0n) is 18.2. The third kappa shape index (κ3) is 3.52. The lowest BCUT2D eigenvalue weighted by atomic mass is 10.0. The third-order valence-corrected chi connectivity index (χ3v) is 6.29. The lowest BCUT2D eigenvalue weighted by Gasteiger charge is -2.34. The maximum absolute atomic E-state index is 14.9. The number of hydrogen-bond acceptors (Lipinski definition) is 4. The second-order valence-corrected chi connectivity index (χ2v) is 8.58. The fraction of sp³-hybridized carbons (Fsp3) is 0.348. The summed E-state index contributed by atoms with van der Waals surface area (Å²) in [4.78, 5) is 21.2. The fourth-order valence-electron chi connectivity index (χ4n) is 4.43. The molecule has 0 N–H and O–H groups in total. The van der Waals surface area contributed by atoms with Crippen LogP contribution in [0.1, 0.15) is 23.3 Å². The van der Waals surface area contributed by atoms with Crippen LogP contribution in [-0.2, 0) is 7.05 Å². The summed E-state index contributed by atoms with van der Waals surface area (Å²) in [6.45, 7) is 1.87. The minimum atomic E-state index is -0.574. The molecule has 1 aliphatic heterocycles. The molecule has 0 bridgehead atoms. The number of amides is 1. The number of rotatable bonds is 3. The highest BCUT2D eigenvalue weighted by atomic mass is 19.1. The quantitative estimate of drug-likeness (QED) is 0.492. The van der Waals surface area contributed by atoms with Gasteiger partial charge in [0.25, 0.3) is 5.91 Å². The predicted octanol–water partition coefficient (Wildman–Crippen LogP) is 3.33. The lowest BCUT2D eigenvalue weighted by Crippen LogP contribution is -2.44. The van der Waals surface area contributed by atoms with Crippen LogP contribution < -0.4 is 0 Å². The molecule has 0 radical (unpaired) electrons. The Morgan fingerprint density at radius 3 is 2.50 bits per heavy atom. The van der Waals surface area contributed by atoms with Crippen LogP contribution in [-0.4, -0.2) is 68.1 Å². The van der Waals surface area contributed by atoms with E-state index in [4.69, 9.17) is 0 Å². The summed E-state index contributed by atoms with van der Waals surface area (Å²) in [5.74, 6) is -1.28. The molecule has 4 aromatic rings. The largest absolute Gasteiger partial charge is 0.337 e. The summed E-state index contributed by atoms with van der Waals surface area (Å²) >= 11 is 0. The van der Waals surface area contributed by atoms with E-state index in [0.717, 1.165) is 25.9 Å². The van der Waals surface area contributed by atoms with Crippen LogP contribution in [0.4, 0.5) is 8.78 Å². The van der Waals surface area contributed by atoms with E-state index < -0.39 is 11.6 Å². The van der Waals surface area contributed by atoms with Gasteiger partial charge in [-0.15, -0.1) is 0 Å². The van der Waals surface area contributed by atoms with Gasteiger partial charge in [-0.1, -0.05) is 0 Å². The second kappa shape index (κ2) is 7.67. The Morgan fingerprint density at radius 2 is 1.75 bits per heavy atom. The molecular weight excluding hydrogens is 414 g/mol. The normalized spacial score (nSPS) is 15.7. The molecule has 1 amide bonds. The van der Waals surface area contributed by atoms with E-state index in [9.17, 15) is 13.6 Å². The molecule has 0 aliphatic carbocycles. The minimum Gasteiger partial charge on any atom is -0.337 e. The highest BCUT2D eigenvalue weighted by Crippen LogP contribution is 2.28. The van der Waals surface area contributed by atoms with Gasteiger partial charge in [0.2, 0.25) is 0 Å². The van der Waals surface area contributed by atoms with Crippen LogP contribution in [0, 0.1) is 11.6 Å². The molecule has 0 atom stereocenters. The highest BCUT2D eigenvalue weighted by Gasteiger charge is 2.26. The first-order chi connectivity index (χ1) is 15.3. The van der Waals surface area contributed by atoms with Gasteiger partial charge >= 0.3 is 0 Å². The number of hydrogen-bond donors (Lipinski definition) is 0. The Balaban J connectivity index is 1.49. The van der Waals surface area contributed by atoms with Crippen LogP contribution in [0.3, 0.4) is 0 Å². The molecule has 5 rings (SSSR count). The Hall–Kier alpha value is -3.33. The molecule has 1 saturated heterocycles. The monoisotopic (exact) mass is 438 g/mol. The molecule has 4 heterocycles. The first kappa shape index (κ1) is 20.6. The van der Waals surface area contributed by atoms with E-state index in [2.05, 4.69) is 22.0 Å². The van der Waals surface area contributed by atoms with Gasteiger partial charge < -0.3 is 14.2 Å². The Kier molecular flexibility index (Phi) is 4.93. The van der Waals surface area contributed by atoms with E-state index in [-0.39, 0.29) is 28.8 Å². The summed E-state index contributed by atoms with van der Waals surface area (Å²) in [5, 5.41) is 4.73. The van der Waals surface area contributed by atoms with Crippen molar-refractivity contribution < 1.29 is 13.6 Å². The van der Waals surface area contributed by atoms with Crippen molar-refractivity contribution in [2.24, 2.45) is 7.05 Å². The number of likely N-dealkylation sites (tertiary alicyclic amines) is 1. The van der Waals surface area contributed by atoms with Crippen LogP contribution in [0.5, 0.6) is 0 Å². The summed E-state index contributed by atoms with van der Waals surface area (Å²) < 4.78 is 32.4. The van der Waals surface area contributed by atoms with Gasteiger partial charge in [0, 0.05) is 49.7 Å². The number of piperidine rings is 1. The SMILES string of the molecule is CN1CCC(N(C)C(=O)c2cn3cc(-c4cc(F)c5nn(C)cc5c4)cc(F)c3n2)CC1. The zero-order valence-corrected chi connectivity index (χ0v) is 18.2. The van der Waals surface area contributed by atoms with Crippen LogP contribution in [0.15, 0.2) is 36.8 Å². The highest BCUT2D eigenvalue weighted by molar-refractivity contribution is 5.93. The van der Waals surface area contributed by atoms with Crippen molar-refractivity contribution in [2.75, 3.05) is 27.2 Å². The van der Waals surface area contributed by atoms with Crippen molar-refractivity contribution in [3.05, 3.63) is 54.1 Å². The number of carbonyl (C=O) groups excluding carboxylic acids is 1. The van der Waals surface area contributed by atoms with Gasteiger partial charge in [-0.2, -0.15) is 5.10 Å². The Morgan fingerprint density at radius 1 is 1.03 bits per heavy atom. The number of carbonyl (C=O) groups is 1. The van der Waals surface area contributed by atoms with Crippen molar-refractivity contribution >= 4 is 22.5 Å². The molecule has 166 valence electrons. The summed E-state index contributed by atoms with van der Waals surface area (Å²) in [6.07, 6.45) is 6.70. The maximum atomic E-state index is 14.9. The van der Waals surface area contributed by atoms with Gasteiger partial charge in [0.1, 0.15) is 11.2 Å². The number of nitrogens with zero attached hydrogens (tertiary/aromatic N) is 6. The summed E-state index contributed by atoms with van der Waals surface area (Å²) in [5.41, 5.74) is 1.53. The van der Waals surface area contributed by atoms with Crippen molar-refractivity contribution in [3.63, 3.8) is 0 Å². The maximum Gasteiger partial charge on any atom is 0.274 e. The molecule has 1 aromatic carbocycles. The molecule has 0 unspecified atom stereocenters. The first-order valence-corrected chi connectivity index (χ1v) is 10.6. The number of aromatic nitrogens is 4. The van der Waals surface area contributed by atoms with Gasteiger partial charge in [-0.3, -0.25) is 9.48 Å². The number of benzene rings is 1. The average molecular weight is 438 g/mol. The van der Waals surface area contributed by atoms with Crippen molar-refractivity contribution in [2.45, 2.75) is 18.9 Å². The summed E-state index contributed by atoms with van der Waals surface area (Å²) in [7, 11) is 5.56. The Labute approximate surface area is 183 Å². The van der Waals surface area contributed by atoms with Crippen molar-refractivity contribution in [1.82, 2.24) is 29.0 Å². The number of halogens is 2. The smallest absolute Gasteiger partial charge is 0.274 e.